The third kappa shape index (κ3) is 7.88. The summed E-state index contributed by atoms with van der Waals surface area (Å²) < 4.78 is 78.1. The maximum Gasteiger partial charge on any atom is 0.454 e. The van der Waals surface area contributed by atoms with E-state index in [0.717, 1.165) is 12.4 Å². The lowest BCUT2D eigenvalue weighted by atomic mass is 10.3. The van der Waals surface area contributed by atoms with E-state index in [9.17, 15) is 35.9 Å². The van der Waals surface area contributed by atoms with Crippen molar-refractivity contribution in [3.8, 4) is 11.5 Å². The van der Waals surface area contributed by atoms with Crippen LogP contribution in [0.4, 0.5) is 37.7 Å². The smallest absolute Gasteiger partial charge is 0.454 e. The molecule has 0 radical (unpaired) electrons. The molecule has 0 aliphatic rings. The van der Waals surface area contributed by atoms with E-state index in [1.807, 2.05) is 0 Å². The number of carbonyl (C=O) groups excluding carboxylic acids is 2. The molecule has 0 amide bonds. The molecule has 0 saturated heterocycles. The zero-order chi connectivity index (χ0) is 23.1. The Morgan fingerprint density at radius 2 is 0.968 bits per heavy atom. The van der Waals surface area contributed by atoms with E-state index in [2.05, 4.69) is 10.6 Å². The van der Waals surface area contributed by atoms with Crippen LogP contribution in [0.3, 0.4) is 0 Å². The first kappa shape index (κ1) is 23.5. The highest BCUT2D eigenvalue weighted by Gasteiger charge is 2.36. The Balaban J connectivity index is 1.88. The topological polar surface area (TPSA) is 67.4 Å². The van der Waals surface area contributed by atoms with Gasteiger partial charge in [-0.3, -0.25) is 9.59 Å². The van der Waals surface area contributed by atoms with E-state index in [-0.39, 0.29) is 0 Å². The minimum Gasteiger partial charge on any atom is -0.457 e. The number of benzene rings is 2. The normalized spacial score (nSPS) is 12.2. The summed E-state index contributed by atoms with van der Waals surface area (Å²) in [5.74, 6) is -3.17. The van der Waals surface area contributed by atoms with E-state index in [4.69, 9.17) is 4.74 Å². The number of halogens is 6. The summed E-state index contributed by atoms with van der Waals surface area (Å²) in [6.45, 7) is 0. The Bertz CT molecular complexity index is 883. The van der Waals surface area contributed by atoms with Crippen molar-refractivity contribution in [1.29, 1.82) is 0 Å². The summed E-state index contributed by atoms with van der Waals surface area (Å²) in [4.78, 5) is 21.4. The number of ether oxygens (including phenoxy) is 1. The van der Waals surface area contributed by atoms with Crippen LogP contribution in [-0.4, -0.2) is 23.9 Å². The molecule has 0 unspecified atom stereocenters. The molecule has 31 heavy (non-hydrogen) atoms. The lowest BCUT2D eigenvalue weighted by Gasteiger charge is -2.08. The first-order chi connectivity index (χ1) is 14.4. The van der Waals surface area contributed by atoms with Crippen molar-refractivity contribution in [2.75, 3.05) is 10.6 Å². The van der Waals surface area contributed by atoms with E-state index >= 15 is 0 Å². The van der Waals surface area contributed by atoms with Crippen LogP contribution >= 0.6 is 0 Å². The van der Waals surface area contributed by atoms with Crippen LogP contribution in [0.1, 0.15) is 0 Å². The van der Waals surface area contributed by atoms with Crippen molar-refractivity contribution in [3.05, 3.63) is 73.1 Å². The van der Waals surface area contributed by atoms with Gasteiger partial charge in [0.15, 0.2) is 0 Å². The predicted molar refractivity (Wildman–Crippen MR) is 101 cm³/mol. The van der Waals surface area contributed by atoms with E-state index in [1.165, 1.54) is 48.5 Å². The Morgan fingerprint density at radius 3 is 1.26 bits per heavy atom. The lowest BCUT2D eigenvalue weighted by molar-refractivity contribution is -0.165. The molecule has 0 aliphatic heterocycles. The molecule has 0 heterocycles. The second-order valence-electron chi connectivity index (χ2n) is 5.83. The number of anilines is 2. The van der Waals surface area contributed by atoms with Crippen molar-refractivity contribution in [2.24, 2.45) is 0 Å². The molecule has 2 N–H and O–H groups in total. The number of hydrogen-bond donors (Lipinski definition) is 2. The molecule has 2 aromatic rings. The van der Waals surface area contributed by atoms with Gasteiger partial charge in [0.25, 0.3) is 11.6 Å². The largest absolute Gasteiger partial charge is 0.457 e. The minimum absolute atomic E-state index is 0.369. The van der Waals surface area contributed by atoms with Crippen molar-refractivity contribution >= 4 is 22.9 Å². The summed E-state index contributed by atoms with van der Waals surface area (Å²) in [7, 11) is 0. The zero-order valence-electron chi connectivity index (χ0n) is 15.4. The molecule has 2 aromatic carbocycles. The molecular weight excluding hydrogens is 430 g/mol. The standard InChI is InChI=1S/C20H14F6N2O3/c21-19(22,23)17(29)9-11-27-13-1-5-15(6-2-13)31-16-7-3-14(4-8-16)28-12-10-18(30)20(24,25)26/h1-12,27-28H. The molecule has 0 bridgehead atoms. The number of rotatable bonds is 8. The summed E-state index contributed by atoms with van der Waals surface area (Å²) in [6, 6.07) is 12.1. The predicted octanol–water partition coefficient (Wildman–Crippen LogP) is 5.59. The second-order valence-corrected chi connectivity index (χ2v) is 5.83. The van der Waals surface area contributed by atoms with Crippen molar-refractivity contribution in [1.82, 2.24) is 0 Å². The molecule has 0 saturated carbocycles. The number of nitrogens with one attached hydrogen (secondary N) is 2. The van der Waals surface area contributed by atoms with Crippen LogP contribution in [0.15, 0.2) is 73.1 Å². The summed E-state index contributed by atoms with van der Waals surface area (Å²) in [5, 5.41) is 5.03. The monoisotopic (exact) mass is 444 g/mol. The highest BCUT2D eigenvalue weighted by atomic mass is 19.4. The van der Waals surface area contributed by atoms with Gasteiger partial charge >= 0.3 is 12.4 Å². The van der Waals surface area contributed by atoms with E-state index in [1.54, 1.807) is 0 Å². The van der Waals surface area contributed by atoms with E-state index in [0.29, 0.717) is 35.0 Å². The van der Waals surface area contributed by atoms with Gasteiger partial charge in [-0.15, -0.1) is 0 Å². The third-order valence-electron chi connectivity index (χ3n) is 3.47. The van der Waals surface area contributed by atoms with Gasteiger partial charge in [0.1, 0.15) is 11.5 Å². The maximum atomic E-state index is 12.1. The molecule has 164 valence electrons. The fourth-order valence-electron chi connectivity index (χ4n) is 1.99. The van der Waals surface area contributed by atoms with Crippen LogP contribution in [-0.2, 0) is 9.59 Å². The van der Waals surface area contributed by atoms with Gasteiger partial charge in [0.05, 0.1) is 0 Å². The lowest BCUT2D eigenvalue weighted by Crippen LogP contribution is -2.20. The number of carbonyl (C=O) groups is 2. The Hall–Kier alpha value is -3.76. The summed E-state index contributed by atoms with van der Waals surface area (Å²) in [6.07, 6.45) is -7.39. The fraction of sp³-hybridized carbons (Fsp3) is 0.100. The number of hydrogen-bond acceptors (Lipinski definition) is 5. The SMILES string of the molecule is O=C(C=CNc1ccc(Oc2ccc(NC=CC(=O)C(F)(F)F)cc2)cc1)C(F)(F)F. The van der Waals surface area contributed by atoms with Gasteiger partial charge < -0.3 is 15.4 Å². The maximum absolute atomic E-state index is 12.1. The van der Waals surface area contributed by atoms with Crippen LogP contribution in [0.2, 0.25) is 0 Å². The number of alkyl halides is 6. The molecule has 11 heteroatoms. The Labute approximate surface area is 172 Å². The molecular formula is C20H14F6N2O3. The molecule has 5 nitrogen and oxygen atoms in total. The van der Waals surface area contributed by atoms with Gasteiger partial charge in [-0.2, -0.15) is 26.3 Å². The third-order valence-corrected chi connectivity index (χ3v) is 3.47. The highest BCUT2D eigenvalue weighted by Crippen LogP contribution is 2.25. The first-order valence-electron chi connectivity index (χ1n) is 8.41. The molecule has 2 rings (SSSR count). The highest BCUT2D eigenvalue weighted by molar-refractivity contribution is 5.95. The van der Waals surface area contributed by atoms with Crippen molar-refractivity contribution < 1.29 is 40.7 Å². The van der Waals surface area contributed by atoms with E-state index < -0.39 is 23.9 Å². The number of ketones is 2. The van der Waals surface area contributed by atoms with Crippen LogP contribution in [0.25, 0.3) is 0 Å². The molecule has 0 aromatic heterocycles. The number of allylic oxidation sites excluding steroid dienone is 2. The summed E-state index contributed by atoms with van der Waals surface area (Å²) >= 11 is 0. The van der Waals surface area contributed by atoms with Crippen LogP contribution in [0, 0.1) is 0 Å². The fourth-order valence-corrected chi connectivity index (χ4v) is 1.99. The first-order valence-corrected chi connectivity index (χ1v) is 8.41. The van der Waals surface area contributed by atoms with Gasteiger partial charge in [-0.25, -0.2) is 0 Å². The minimum atomic E-state index is -4.93. The Morgan fingerprint density at radius 1 is 0.645 bits per heavy atom. The molecule has 0 aliphatic carbocycles. The zero-order valence-corrected chi connectivity index (χ0v) is 15.4. The van der Waals surface area contributed by atoms with Gasteiger partial charge in [-0.05, 0) is 48.5 Å². The molecule has 0 fully saturated rings. The van der Waals surface area contributed by atoms with Crippen molar-refractivity contribution in [2.45, 2.75) is 12.4 Å². The quantitative estimate of drug-likeness (QED) is 0.410. The average molecular weight is 444 g/mol. The van der Waals surface area contributed by atoms with Crippen LogP contribution in [0.5, 0.6) is 11.5 Å². The van der Waals surface area contributed by atoms with Gasteiger partial charge in [0.2, 0.25) is 0 Å². The van der Waals surface area contributed by atoms with Crippen LogP contribution < -0.4 is 15.4 Å². The molecule has 0 atom stereocenters. The Kier molecular flexibility index (Phi) is 7.46. The average Bonchev–Trinajstić information content (AvgIpc) is 2.69. The summed E-state index contributed by atoms with van der Waals surface area (Å²) in [5.41, 5.74) is 0.830. The van der Waals surface area contributed by atoms with Gasteiger partial charge in [-0.1, -0.05) is 0 Å². The van der Waals surface area contributed by atoms with Crippen molar-refractivity contribution in [3.63, 3.8) is 0 Å². The second kappa shape index (κ2) is 9.83. The molecule has 0 spiro atoms. The van der Waals surface area contributed by atoms with Gasteiger partial charge in [0, 0.05) is 35.9 Å².